The van der Waals surface area contributed by atoms with E-state index < -0.39 is 11.6 Å². The predicted molar refractivity (Wildman–Crippen MR) is 367 cm³/mol. The molecule has 0 aliphatic carbocycles. The summed E-state index contributed by atoms with van der Waals surface area (Å²) in [6.07, 6.45) is 32.8. The molecule has 0 aromatic heterocycles. The third kappa shape index (κ3) is 51.2. The minimum atomic E-state index is -1.11. The third-order valence-corrected chi connectivity index (χ3v) is 12.1. The molecule has 0 spiro atoms. The number of alkyl carbamates (subject to hydrolysis) is 1. The Morgan fingerprint density at radius 2 is 0.744 bits per heavy atom. The number of carboxylic acids is 1. The Kier molecular flexibility index (Phi) is 53.0. The summed E-state index contributed by atoms with van der Waals surface area (Å²) in [5.41, 5.74) is 21.4. The number of carbonyl (C=O) groups is 5. The van der Waals surface area contributed by atoms with E-state index in [1.807, 2.05) is 58.8 Å². The molecule has 0 saturated heterocycles. The number of hydrogen-bond donors (Lipinski definition) is 12. The average molecular weight is 1260 g/mol. The standard InChI is InChI=1S/C34H49N3O3.C12H19N3O2.C10H23N3O2.C7H6O3.C5H15N3/c1-3-4-5-6-7-8-9-10-11-12-13-14-15-16-17-18-19-20-21-26-33(39)35-27-29-37(2)30-28-36-34(40)31-24-22-23-25-32(31)38;1-15(8-6-13)9-7-14-12(17)10-4-2-3-5-11(10)16;1-10(2,3)15-9(14)12-6-8-13(4)7-5-11;8-6-4-2-1-3-5(6)7(9)10;1-8(4-2-6)5-3-7/h4-5,7-8,10-11,13-14,16-17,19-20,22-25,38H,3,6,9,12,15,18,21,26-30H2,1-2H3,(H,35,39)(H,36,40);2-5,16H,6-9,13H2,1H3,(H,14,17);5-8,11H2,1-4H3,(H,12,14);1-4,8H,(H,9,10);2-7H2,1H3/b5-4-,8-7-,11-10-,14-13-,17-16-,20-19-;;;;. The molecule has 90 heavy (non-hydrogen) atoms. The lowest BCUT2D eigenvalue weighted by Gasteiger charge is -2.20. The number of para-hydroxylation sites is 3. The number of likely N-dealkylation sites (N-methyl/N-ethyl adjacent to an activating group) is 4. The van der Waals surface area contributed by atoms with Gasteiger partial charge in [-0.05, 0) is 130 Å². The first kappa shape index (κ1) is 84.4. The van der Waals surface area contributed by atoms with E-state index in [4.69, 9.17) is 37.9 Å². The first-order chi connectivity index (χ1) is 43.1. The van der Waals surface area contributed by atoms with Crippen LogP contribution in [0.5, 0.6) is 17.2 Å². The van der Waals surface area contributed by atoms with Crippen LogP contribution in [0.2, 0.25) is 0 Å². The average Bonchev–Trinajstić information content (AvgIpc) is 1.80. The molecular weight excluding hydrogens is 1140 g/mol. The molecule has 4 amide bonds. The molecule has 16 N–H and O–H groups in total. The molecule has 0 bridgehead atoms. The van der Waals surface area contributed by atoms with E-state index in [-0.39, 0.29) is 52.2 Å². The first-order valence-electron chi connectivity index (χ1n) is 30.9. The molecule has 3 aromatic carbocycles. The molecule has 0 aliphatic heterocycles. The second kappa shape index (κ2) is 56.6. The summed E-state index contributed by atoms with van der Waals surface area (Å²) in [6, 6.07) is 18.8. The monoisotopic (exact) mass is 1260 g/mol. The van der Waals surface area contributed by atoms with Gasteiger partial charge in [0, 0.05) is 111 Å². The van der Waals surface area contributed by atoms with Crippen LogP contribution in [-0.4, -0.2) is 208 Å². The highest BCUT2D eigenvalue weighted by Crippen LogP contribution is 2.17. The molecule has 0 fully saturated rings. The molecule has 0 atom stereocenters. The van der Waals surface area contributed by atoms with Crippen molar-refractivity contribution < 1.29 is 49.1 Å². The minimum Gasteiger partial charge on any atom is -0.507 e. The third-order valence-electron chi connectivity index (χ3n) is 12.1. The van der Waals surface area contributed by atoms with Gasteiger partial charge in [0.25, 0.3) is 11.8 Å². The maximum Gasteiger partial charge on any atom is 0.407 e. The fourth-order valence-electron chi connectivity index (χ4n) is 7.22. The number of rotatable bonds is 37. The number of amides is 4. The second-order valence-corrected chi connectivity index (χ2v) is 21.5. The van der Waals surface area contributed by atoms with Gasteiger partial charge in [0.05, 0.1) is 11.1 Å². The maximum absolute atomic E-state index is 12.1. The van der Waals surface area contributed by atoms with Gasteiger partial charge in [-0.3, -0.25) is 14.4 Å². The molecule has 0 aliphatic rings. The van der Waals surface area contributed by atoms with Gasteiger partial charge in [-0.2, -0.15) is 0 Å². The highest BCUT2D eigenvalue weighted by Gasteiger charge is 2.16. The molecule has 22 nitrogen and oxygen atoms in total. The van der Waals surface area contributed by atoms with Crippen LogP contribution < -0.4 is 44.2 Å². The van der Waals surface area contributed by atoms with Crippen molar-refractivity contribution in [3.63, 3.8) is 0 Å². The zero-order chi connectivity index (χ0) is 67.6. The van der Waals surface area contributed by atoms with Crippen LogP contribution in [0, 0.1) is 0 Å². The fourth-order valence-corrected chi connectivity index (χ4v) is 7.22. The smallest absolute Gasteiger partial charge is 0.407 e. The molecule has 22 heteroatoms. The van der Waals surface area contributed by atoms with Crippen molar-refractivity contribution in [2.24, 2.45) is 22.9 Å². The van der Waals surface area contributed by atoms with Crippen LogP contribution >= 0.6 is 0 Å². The number of carboxylic acid groups (broad SMARTS) is 1. The molecule has 0 heterocycles. The molecule has 0 radical (unpaired) electrons. The van der Waals surface area contributed by atoms with Gasteiger partial charge < -0.3 is 89.0 Å². The number of carbonyl (C=O) groups excluding carboxylic acids is 4. The van der Waals surface area contributed by atoms with Gasteiger partial charge in [0.2, 0.25) is 5.91 Å². The zero-order valence-electron chi connectivity index (χ0n) is 55.2. The van der Waals surface area contributed by atoms with Crippen molar-refractivity contribution in [2.75, 3.05) is 133 Å². The highest BCUT2D eigenvalue weighted by atomic mass is 16.6. The molecule has 3 rings (SSSR count). The van der Waals surface area contributed by atoms with Crippen molar-refractivity contribution in [1.82, 2.24) is 40.9 Å². The van der Waals surface area contributed by atoms with Crippen LogP contribution in [0.4, 0.5) is 4.79 Å². The van der Waals surface area contributed by atoms with Crippen LogP contribution in [0.15, 0.2) is 146 Å². The summed E-state index contributed by atoms with van der Waals surface area (Å²) in [6.45, 7) is 18.8. The van der Waals surface area contributed by atoms with Crippen LogP contribution in [-0.2, 0) is 9.53 Å². The normalized spacial score (nSPS) is 11.4. The van der Waals surface area contributed by atoms with Gasteiger partial charge in [-0.15, -0.1) is 0 Å². The van der Waals surface area contributed by atoms with E-state index in [0.29, 0.717) is 64.3 Å². The fraction of sp³-hybridized carbons (Fsp3) is 0.485. The topological polar surface area (TPSA) is 341 Å². The number of nitrogens with one attached hydrogen (secondary N) is 4. The minimum absolute atomic E-state index is 0.000290. The van der Waals surface area contributed by atoms with E-state index in [1.165, 1.54) is 24.3 Å². The first-order valence-corrected chi connectivity index (χ1v) is 30.9. The van der Waals surface area contributed by atoms with Crippen molar-refractivity contribution in [3.05, 3.63) is 162 Å². The number of benzene rings is 3. The Bertz CT molecular complexity index is 2550. The number of allylic oxidation sites excluding steroid dienone is 12. The lowest BCUT2D eigenvalue weighted by atomic mass is 10.2. The van der Waals surface area contributed by atoms with Crippen molar-refractivity contribution in [2.45, 2.75) is 84.7 Å². The van der Waals surface area contributed by atoms with E-state index in [2.05, 4.69) is 111 Å². The number of hydrogen-bond acceptors (Lipinski definition) is 17. The Balaban J connectivity index is 0. The van der Waals surface area contributed by atoms with E-state index in [9.17, 15) is 34.2 Å². The lowest BCUT2D eigenvalue weighted by Crippen LogP contribution is -2.38. The Labute approximate surface area is 537 Å². The highest BCUT2D eigenvalue weighted by molar-refractivity contribution is 5.97. The Morgan fingerprint density at radius 3 is 1.07 bits per heavy atom. The van der Waals surface area contributed by atoms with Gasteiger partial charge in [-0.1, -0.05) is 116 Å². The summed E-state index contributed by atoms with van der Waals surface area (Å²) in [5.74, 6) is -1.85. The number of nitrogens with zero attached hydrogens (tertiary/aromatic N) is 4. The Hall–Kier alpha value is -7.67. The summed E-state index contributed by atoms with van der Waals surface area (Å²) >= 11 is 0. The van der Waals surface area contributed by atoms with Crippen molar-refractivity contribution in [1.29, 1.82) is 0 Å². The molecule has 3 aromatic rings. The number of aromatic carboxylic acids is 1. The molecular formula is C68H112N12O10. The molecule has 0 unspecified atom stereocenters. The van der Waals surface area contributed by atoms with Gasteiger partial charge in [0.1, 0.15) is 28.4 Å². The van der Waals surface area contributed by atoms with Crippen LogP contribution in [0.1, 0.15) is 110 Å². The van der Waals surface area contributed by atoms with E-state index in [0.717, 1.165) is 97.3 Å². The molecule has 504 valence electrons. The summed E-state index contributed by atoms with van der Waals surface area (Å²) in [5, 5.41) is 47.7. The van der Waals surface area contributed by atoms with Crippen molar-refractivity contribution >= 4 is 29.8 Å². The SMILES string of the molecule is CC/C=C\C/C=C\C/C=C\C/C=C\C/C=C\C/C=C\CCC(=O)NCCN(C)CCNC(=O)c1ccccc1O.CN(CCN)CCN.CN(CCN)CCNC(=O)OC(C)(C)C.CN(CCN)CCNC(=O)c1ccccc1O.O=C(O)c1ccccc1O. The number of nitrogens with two attached hydrogens (primary N) is 4. The largest absolute Gasteiger partial charge is 0.507 e. The van der Waals surface area contributed by atoms with Crippen molar-refractivity contribution in [3.8, 4) is 17.2 Å². The van der Waals surface area contributed by atoms with Crippen LogP contribution in [0.3, 0.4) is 0 Å². The lowest BCUT2D eigenvalue weighted by molar-refractivity contribution is -0.121. The number of phenolic OH excluding ortho intramolecular Hbond substituents is 2. The summed E-state index contributed by atoms with van der Waals surface area (Å²) in [4.78, 5) is 65.5. The quantitative estimate of drug-likeness (QED) is 0.0259. The van der Waals surface area contributed by atoms with E-state index >= 15 is 0 Å². The van der Waals surface area contributed by atoms with Crippen LogP contribution in [0.25, 0.3) is 0 Å². The Morgan fingerprint density at radius 1 is 0.444 bits per heavy atom. The van der Waals surface area contributed by atoms with Gasteiger partial charge in [-0.25, -0.2) is 9.59 Å². The van der Waals surface area contributed by atoms with E-state index in [1.54, 1.807) is 48.5 Å². The zero-order valence-corrected chi connectivity index (χ0v) is 55.2. The number of aromatic hydroxyl groups is 3. The second-order valence-electron chi connectivity index (χ2n) is 21.5. The number of phenols is 3. The number of ether oxygens (including phenoxy) is 1. The van der Waals surface area contributed by atoms with Gasteiger partial charge in [0.15, 0.2) is 0 Å². The summed E-state index contributed by atoms with van der Waals surface area (Å²) < 4.78 is 5.09. The summed E-state index contributed by atoms with van der Waals surface area (Å²) in [7, 11) is 7.86. The van der Waals surface area contributed by atoms with Gasteiger partial charge >= 0.3 is 12.1 Å². The maximum atomic E-state index is 12.1. The predicted octanol–water partition coefficient (Wildman–Crippen LogP) is 6.99. The molecule has 0 saturated carbocycles.